The minimum absolute atomic E-state index is 0. The lowest BCUT2D eigenvalue weighted by Crippen LogP contribution is -2.30. The van der Waals surface area contributed by atoms with Crippen molar-refractivity contribution >= 4 is 29.9 Å². The van der Waals surface area contributed by atoms with Crippen LogP contribution < -0.4 is 15.8 Å². The third-order valence-corrected chi connectivity index (χ3v) is 4.66. The molecule has 1 unspecified atom stereocenters. The first kappa shape index (κ1) is 20.7. The van der Waals surface area contributed by atoms with Crippen LogP contribution in [0.15, 0.2) is 48.5 Å². The summed E-state index contributed by atoms with van der Waals surface area (Å²) in [6, 6.07) is 13.9. The Bertz CT molecular complexity index is 795. The molecule has 0 saturated carbocycles. The molecule has 0 bridgehead atoms. The molecule has 1 saturated heterocycles. The molecule has 1 atom stereocenters. The van der Waals surface area contributed by atoms with E-state index in [4.69, 9.17) is 10.5 Å². The predicted molar refractivity (Wildman–Crippen MR) is 108 cm³/mol. The van der Waals surface area contributed by atoms with Crippen LogP contribution in [-0.2, 0) is 0 Å². The minimum atomic E-state index is -0.269. The molecule has 1 heterocycles. The molecule has 1 aliphatic rings. The van der Waals surface area contributed by atoms with Crippen LogP contribution in [0.3, 0.4) is 0 Å². The molecule has 144 valence electrons. The van der Waals surface area contributed by atoms with Gasteiger partial charge in [0.15, 0.2) is 0 Å². The van der Waals surface area contributed by atoms with Crippen LogP contribution in [0.5, 0.6) is 5.75 Å². The summed E-state index contributed by atoms with van der Waals surface area (Å²) in [5.41, 5.74) is 7.21. The zero-order valence-electron chi connectivity index (χ0n) is 15.2. The SMILES string of the molecule is COc1ccc(C(=O)Nc2ccccc2C(=O)N2CCC(CN)C2)cc1.Cl. The summed E-state index contributed by atoms with van der Waals surface area (Å²) in [7, 11) is 1.57. The molecule has 27 heavy (non-hydrogen) atoms. The van der Waals surface area contributed by atoms with Crippen LogP contribution in [0.25, 0.3) is 0 Å². The third-order valence-electron chi connectivity index (χ3n) is 4.66. The smallest absolute Gasteiger partial charge is 0.255 e. The van der Waals surface area contributed by atoms with E-state index >= 15 is 0 Å². The quantitative estimate of drug-likeness (QED) is 0.823. The fourth-order valence-electron chi connectivity index (χ4n) is 3.10. The van der Waals surface area contributed by atoms with Gasteiger partial charge in [0, 0.05) is 18.7 Å². The van der Waals surface area contributed by atoms with Crippen molar-refractivity contribution in [1.82, 2.24) is 4.90 Å². The van der Waals surface area contributed by atoms with Gasteiger partial charge in [0.1, 0.15) is 5.75 Å². The van der Waals surface area contributed by atoms with Crippen LogP contribution in [0.2, 0.25) is 0 Å². The fraction of sp³-hybridized carbons (Fsp3) is 0.300. The van der Waals surface area contributed by atoms with Crippen LogP contribution in [0.4, 0.5) is 5.69 Å². The first-order valence-corrected chi connectivity index (χ1v) is 8.66. The van der Waals surface area contributed by atoms with E-state index in [0.717, 1.165) is 6.42 Å². The molecule has 2 aromatic rings. The first-order valence-electron chi connectivity index (χ1n) is 8.66. The van der Waals surface area contributed by atoms with Crippen molar-refractivity contribution in [3.63, 3.8) is 0 Å². The number of nitrogens with one attached hydrogen (secondary N) is 1. The van der Waals surface area contributed by atoms with E-state index in [1.165, 1.54) is 0 Å². The number of likely N-dealkylation sites (tertiary alicyclic amines) is 1. The van der Waals surface area contributed by atoms with Crippen molar-refractivity contribution in [1.29, 1.82) is 0 Å². The number of nitrogens with two attached hydrogens (primary N) is 1. The number of hydrogen-bond donors (Lipinski definition) is 2. The second kappa shape index (κ2) is 9.39. The van der Waals surface area contributed by atoms with Crippen LogP contribution in [-0.4, -0.2) is 43.5 Å². The standard InChI is InChI=1S/C20H23N3O3.ClH/c1-26-16-8-6-15(7-9-16)19(24)22-18-5-3-2-4-17(18)20(25)23-11-10-14(12-21)13-23;/h2-9,14H,10-13,21H2,1H3,(H,22,24);1H. The number of rotatable bonds is 5. The van der Waals surface area contributed by atoms with Gasteiger partial charge in [-0.05, 0) is 55.3 Å². The van der Waals surface area contributed by atoms with Gasteiger partial charge in [0.2, 0.25) is 0 Å². The summed E-state index contributed by atoms with van der Waals surface area (Å²) in [4.78, 5) is 27.2. The Morgan fingerprint density at radius 1 is 1.19 bits per heavy atom. The van der Waals surface area contributed by atoms with E-state index in [0.29, 0.717) is 48.1 Å². The number of amides is 2. The first-order chi connectivity index (χ1) is 12.6. The normalized spacial score (nSPS) is 15.8. The molecule has 0 aliphatic carbocycles. The molecule has 2 aromatic carbocycles. The molecule has 1 aliphatic heterocycles. The lowest BCUT2D eigenvalue weighted by molar-refractivity contribution is 0.0788. The molecule has 3 N–H and O–H groups in total. The van der Waals surface area contributed by atoms with Crippen molar-refractivity contribution in [3.05, 3.63) is 59.7 Å². The van der Waals surface area contributed by atoms with Crippen molar-refractivity contribution in [2.45, 2.75) is 6.42 Å². The number of methoxy groups -OCH3 is 1. The monoisotopic (exact) mass is 389 g/mol. The third kappa shape index (κ3) is 4.78. The maximum absolute atomic E-state index is 12.8. The zero-order valence-corrected chi connectivity index (χ0v) is 16.0. The van der Waals surface area contributed by atoms with Crippen LogP contribution in [0, 0.1) is 5.92 Å². The number of carbonyl (C=O) groups excluding carboxylic acids is 2. The molecule has 6 nitrogen and oxygen atoms in total. The van der Waals surface area contributed by atoms with Gasteiger partial charge < -0.3 is 20.7 Å². The number of benzene rings is 2. The largest absolute Gasteiger partial charge is 0.497 e. The number of halogens is 1. The highest BCUT2D eigenvalue weighted by Crippen LogP contribution is 2.23. The summed E-state index contributed by atoms with van der Waals surface area (Å²) < 4.78 is 5.10. The van der Waals surface area contributed by atoms with E-state index in [1.54, 1.807) is 60.5 Å². The van der Waals surface area contributed by atoms with E-state index in [9.17, 15) is 9.59 Å². The van der Waals surface area contributed by atoms with Crippen molar-refractivity contribution < 1.29 is 14.3 Å². The Kier molecular flexibility index (Phi) is 7.21. The Balaban J connectivity index is 0.00000261. The van der Waals surface area contributed by atoms with Gasteiger partial charge in [0.25, 0.3) is 11.8 Å². The number of hydrogen-bond acceptors (Lipinski definition) is 4. The van der Waals surface area contributed by atoms with Crippen LogP contribution >= 0.6 is 12.4 Å². The average Bonchev–Trinajstić information content (AvgIpc) is 3.17. The molecule has 1 fully saturated rings. The Hall–Kier alpha value is -2.57. The highest BCUT2D eigenvalue weighted by atomic mass is 35.5. The molecular weight excluding hydrogens is 366 g/mol. The Morgan fingerprint density at radius 2 is 1.89 bits per heavy atom. The number of ether oxygens (including phenoxy) is 1. The predicted octanol–water partition coefficient (Wildman–Crippen LogP) is 2.79. The zero-order chi connectivity index (χ0) is 18.5. The van der Waals surface area contributed by atoms with Crippen molar-refractivity contribution in [2.75, 3.05) is 32.1 Å². The topological polar surface area (TPSA) is 84.7 Å². The number of anilines is 1. The lowest BCUT2D eigenvalue weighted by atomic mass is 10.1. The Morgan fingerprint density at radius 3 is 2.52 bits per heavy atom. The summed E-state index contributed by atoms with van der Waals surface area (Å²) in [6.45, 7) is 1.94. The maximum Gasteiger partial charge on any atom is 0.255 e. The van der Waals surface area contributed by atoms with E-state index in [2.05, 4.69) is 5.32 Å². The summed E-state index contributed by atoms with van der Waals surface area (Å²) >= 11 is 0. The molecule has 7 heteroatoms. The highest BCUT2D eigenvalue weighted by Gasteiger charge is 2.27. The van der Waals surface area contributed by atoms with Gasteiger partial charge in [-0.2, -0.15) is 0 Å². The molecule has 0 radical (unpaired) electrons. The van der Waals surface area contributed by atoms with Crippen molar-refractivity contribution in [2.24, 2.45) is 11.7 Å². The van der Waals surface area contributed by atoms with Gasteiger partial charge in [0.05, 0.1) is 18.4 Å². The highest BCUT2D eigenvalue weighted by molar-refractivity contribution is 6.09. The molecule has 0 aromatic heterocycles. The number of carbonyl (C=O) groups is 2. The second-order valence-electron chi connectivity index (χ2n) is 6.37. The number of para-hydroxylation sites is 1. The second-order valence-corrected chi connectivity index (χ2v) is 6.37. The van der Waals surface area contributed by atoms with Crippen molar-refractivity contribution in [3.8, 4) is 5.75 Å². The van der Waals surface area contributed by atoms with Crippen LogP contribution in [0.1, 0.15) is 27.1 Å². The molecule has 2 amide bonds. The summed E-state index contributed by atoms with van der Waals surface area (Å²) in [5.74, 6) is 0.682. The average molecular weight is 390 g/mol. The summed E-state index contributed by atoms with van der Waals surface area (Å²) in [5, 5.41) is 2.84. The minimum Gasteiger partial charge on any atom is -0.497 e. The van der Waals surface area contributed by atoms with E-state index in [1.807, 2.05) is 0 Å². The van der Waals surface area contributed by atoms with Gasteiger partial charge in [-0.25, -0.2) is 0 Å². The Labute approximate surface area is 165 Å². The number of nitrogens with zero attached hydrogens (tertiary/aromatic N) is 1. The van der Waals surface area contributed by atoms with E-state index < -0.39 is 0 Å². The van der Waals surface area contributed by atoms with Gasteiger partial charge in [-0.3, -0.25) is 9.59 Å². The van der Waals surface area contributed by atoms with E-state index in [-0.39, 0.29) is 24.2 Å². The molecule has 0 spiro atoms. The molecule has 3 rings (SSSR count). The lowest BCUT2D eigenvalue weighted by Gasteiger charge is -2.18. The van der Waals surface area contributed by atoms with Gasteiger partial charge >= 0.3 is 0 Å². The van der Waals surface area contributed by atoms with Gasteiger partial charge in [-0.1, -0.05) is 12.1 Å². The maximum atomic E-state index is 12.8. The fourth-order valence-corrected chi connectivity index (χ4v) is 3.10. The van der Waals surface area contributed by atoms with Gasteiger partial charge in [-0.15, -0.1) is 12.4 Å². The summed E-state index contributed by atoms with van der Waals surface area (Å²) in [6.07, 6.45) is 0.919. The molecular formula is C20H24ClN3O3.